The average molecular weight is 444 g/mol. The first-order valence-corrected chi connectivity index (χ1v) is 10.6. The predicted octanol–water partition coefficient (Wildman–Crippen LogP) is 4.73. The van der Waals surface area contributed by atoms with Crippen molar-refractivity contribution in [2.24, 2.45) is 4.99 Å². The van der Waals surface area contributed by atoms with Crippen LogP contribution in [0.3, 0.4) is 0 Å². The molecule has 0 saturated heterocycles. The number of halogens is 1. The van der Waals surface area contributed by atoms with E-state index in [9.17, 15) is 0 Å². The van der Waals surface area contributed by atoms with Gasteiger partial charge in [-0.3, -0.25) is 9.56 Å². The molecule has 1 aromatic heterocycles. The van der Waals surface area contributed by atoms with Crippen LogP contribution in [0.5, 0.6) is 0 Å². The highest BCUT2D eigenvalue weighted by Gasteiger charge is 2.28. The molecule has 5 nitrogen and oxygen atoms in total. The van der Waals surface area contributed by atoms with Crippen LogP contribution < -0.4 is 0 Å². The quantitative estimate of drug-likeness (QED) is 0.447. The van der Waals surface area contributed by atoms with Gasteiger partial charge in [-0.05, 0) is 25.7 Å². The third-order valence-corrected chi connectivity index (χ3v) is 5.64. The number of benzene rings is 3. The van der Waals surface area contributed by atoms with Crippen LogP contribution in [0.1, 0.15) is 34.3 Å². The molecule has 2 heterocycles. The normalized spacial score (nSPS) is 13.4. The molecule has 5 rings (SSSR count). The maximum atomic E-state index is 4.97. The summed E-state index contributed by atoms with van der Waals surface area (Å²) in [7, 11) is 4.19. The summed E-state index contributed by atoms with van der Waals surface area (Å²) in [4.78, 5) is 7.17. The first kappa shape index (κ1) is 21.9. The molecule has 32 heavy (non-hydrogen) atoms. The van der Waals surface area contributed by atoms with Crippen molar-refractivity contribution in [3.05, 3.63) is 113 Å². The van der Waals surface area contributed by atoms with Crippen LogP contribution in [0, 0.1) is 0 Å². The summed E-state index contributed by atoms with van der Waals surface area (Å²) in [6, 6.07) is 29.4. The van der Waals surface area contributed by atoms with Gasteiger partial charge in [-0.2, -0.15) is 0 Å². The number of aromatic nitrogens is 3. The van der Waals surface area contributed by atoms with Gasteiger partial charge in [0.05, 0.1) is 17.3 Å². The van der Waals surface area contributed by atoms with Crippen molar-refractivity contribution < 1.29 is 0 Å². The second-order valence-corrected chi connectivity index (χ2v) is 8.08. The smallest absolute Gasteiger partial charge is 0.159 e. The number of aliphatic imine (C=N–C) groups is 1. The Labute approximate surface area is 194 Å². The summed E-state index contributed by atoms with van der Waals surface area (Å²) in [6.07, 6.45) is 0. The summed E-state index contributed by atoms with van der Waals surface area (Å²) < 4.78 is 2.22. The summed E-state index contributed by atoms with van der Waals surface area (Å²) in [5, 5.41) is 9.27. The monoisotopic (exact) mass is 443 g/mol. The lowest BCUT2D eigenvalue weighted by Crippen LogP contribution is -2.24. The maximum Gasteiger partial charge on any atom is 0.159 e. The van der Waals surface area contributed by atoms with E-state index >= 15 is 0 Å². The standard InChI is InChI=1S/C26H25N5.ClH/c1-30(2)18-22(19-11-5-3-6-12-19)26-29-28-24-17-27-25(20-13-7-4-8-14-20)21-15-9-10-16-23(21)31(24)26;/h3-16,22H,17-18H2,1-2H3;1H. The first-order chi connectivity index (χ1) is 15.2. The fraction of sp³-hybridized carbons (Fsp3) is 0.192. The highest BCUT2D eigenvalue weighted by atomic mass is 35.5. The van der Waals surface area contributed by atoms with Crippen molar-refractivity contribution in [3.8, 4) is 5.69 Å². The Morgan fingerprint density at radius 3 is 2.22 bits per heavy atom. The Morgan fingerprint density at radius 1 is 0.844 bits per heavy atom. The Morgan fingerprint density at radius 2 is 1.50 bits per heavy atom. The van der Waals surface area contributed by atoms with Gasteiger partial charge in [-0.25, -0.2) is 0 Å². The van der Waals surface area contributed by atoms with Crippen molar-refractivity contribution in [3.63, 3.8) is 0 Å². The predicted molar refractivity (Wildman–Crippen MR) is 131 cm³/mol. The van der Waals surface area contributed by atoms with E-state index in [2.05, 4.69) is 113 Å². The Hall–Kier alpha value is -3.28. The number of hydrogen-bond acceptors (Lipinski definition) is 4. The molecule has 0 radical (unpaired) electrons. The molecule has 0 bridgehead atoms. The van der Waals surface area contributed by atoms with Gasteiger partial charge >= 0.3 is 0 Å². The van der Waals surface area contributed by atoms with E-state index in [-0.39, 0.29) is 18.3 Å². The highest BCUT2D eigenvalue weighted by Crippen LogP contribution is 2.31. The van der Waals surface area contributed by atoms with Crippen molar-refractivity contribution in [2.75, 3.05) is 20.6 Å². The zero-order valence-electron chi connectivity index (χ0n) is 18.2. The van der Waals surface area contributed by atoms with Gasteiger partial charge in [0.25, 0.3) is 0 Å². The minimum Gasteiger partial charge on any atom is -0.308 e. The van der Waals surface area contributed by atoms with Gasteiger partial charge in [-0.15, -0.1) is 22.6 Å². The Balaban J connectivity index is 0.00000245. The zero-order valence-corrected chi connectivity index (χ0v) is 19.0. The van der Waals surface area contributed by atoms with E-state index < -0.39 is 0 Å². The fourth-order valence-electron chi connectivity index (χ4n) is 4.25. The molecule has 1 unspecified atom stereocenters. The second-order valence-electron chi connectivity index (χ2n) is 8.08. The molecule has 1 aliphatic rings. The molecule has 0 aliphatic carbocycles. The lowest BCUT2D eigenvalue weighted by molar-refractivity contribution is 0.384. The van der Waals surface area contributed by atoms with E-state index in [4.69, 9.17) is 4.99 Å². The molecule has 1 atom stereocenters. The molecule has 0 saturated carbocycles. The van der Waals surface area contributed by atoms with Crippen LogP contribution in [-0.2, 0) is 6.54 Å². The molecule has 162 valence electrons. The van der Waals surface area contributed by atoms with E-state index in [1.54, 1.807) is 0 Å². The molecular weight excluding hydrogens is 418 g/mol. The van der Waals surface area contributed by atoms with Crippen LogP contribution in [-0.4, -0.2) is 46.0 Å². The van der Waals surface area contributed by atoms with E-state index in [0.29, 0.717) is 6.54 Å². The van der Waals surface area contributed by atoms with Crippen LogP contribution in [0.4, 0.5) is 0 Å². The van der Waals surface area contributed by atoms with Crippen molar-refractivity contribution in [2.45, 2.75) is 12.5 Å². The number of para-hydroxylation sites is 1. The Kier molecular flexibility index (Phi) is 6.49. The molecule has 0 amide bonds. The summed E-state index contributed by atoms with van der Waals surface area (Å²) in [5.41, 5.74) is 5.53. The minimum atomic E-state index is 0. The summed E-state index contributed by atoms with van der Waals surface area (Å²) in [5.74, 6) is 1.92. The molecule has 6 heteroatoms. The van der Waals surface area contributed by atoms with Crippen LogP contribution in [0.25, 0.3) is 5.69 Å². The lowest BCUT2D eigenvalue weighted by Gasteiger charge is -2.22. The summed E-state index contributed by atoms with van der Waals surface area (Å²) >= 11 is 0. The van der Waals surface area contributed by atoms with Crippen molar-refractivity contribution >= 4 is 18.1 Å². The largest absolute Gasteiger partial charge is 0.308 e. The molecule has 0 N–H and O–H groups in total. The lowest BCUT2D eigenvalue weighted by atomic mass is 9.96. The first-order valence-electron chi connectivity index (χ1n) is 10.6. The topological polar surface area (TPSA) is 46.3 Å². The Bertz CT molecular complexity index is 1220. The third-order valence-electron chi connectivity index (χ3n) is 5.64. The molecule has 1 aliphatic heterocycles. The molecule has 0 spiro atoms. The number of hydrogen-bond donors (Lipinski definition) is 0. The van der Waals surface area contributed by atoms with E-state index in [0.717, 1.165) is 40.7 Å². The van der Waals surface area contributed by atoms with Gasteiger partial charge in [0.1, 0.15) is 12.4 Å². The van der Waals surface area contributed by atoms with Gasteiger partial charge in [0.15, 0.2) is 5.82 Å². The van der Waals surface area contributed by atoms with Gasteiger partial charge < -0.3 is 4.90 Å². The third kappa shape index (κ3) is 4.09. The van der Waals surface area contributed by atoms with Crippen LogP contribution >= 0.6 is 12.4 Å². The maximum absolute atomic E-state index is 4.97. The molecule has 3 aromatic carbocycles. The number of likely N-dealkylation sites (N-methyl/N-ethyl adjacent to an activating group) is 1. The van der Waals surface area contributed by atoms with Gasteiger partial charge in [0.2, 0.25) is 0 Å². The zero-order chi connectivity index (χ0) is 21.2. The van der Waals surface area contributed by atoms with Crippen LogP contribution in [0.2, 0.25) is 0 Å². The second kappa shape index (κ2) is 9.47. The minimum absolute atomic E-state index is 0. The number of fused-ring (bicyclic) bond motifs is 3. The van der Waals surface area contributed by atoms with Gasteiger partial charge in [-0.1, -0.05) is 78.9 Å². The van der Waals surface area contributed by atoms with Gasteiger partial charge in [0, 0.05) is 17.7 Å². The average Bonchev–Trinajstić information content (AvgIpc) is 3.15. The van der Waals surface area contributed by atoms with Crippen molar-refractivity contribution in [1.82, 2.24) is 19.7 Å². The highest BCUT2D eigenvalue weighted by molar-refractivity contribution is 6.15. The number of nitrogens with zero attached hydrogens (tertiary/aromatic N) is 5. The van der Waals surface area contributed by atoms with Crippen molar-refractivity contribution in [1.29, 1.82) is 0 Å². The fourth-order valence-corrected chi connectivity index (χ4v) is 4.25. The molecule has 0 fully saturated rings. The molecule has 4 aromatic rings. The van der Waals surface area contributed by atoms with E-state index in [1.807, 2.05) is 6.07 Å². The summed E-state index contributed by atoms with van der Waals surface area (Å²) in [6.45, 7) is 1.34. The van der Waals surface area contributed by atoms with Crippen LogP contribution in [0.15, 0.2) is 89.9 Å². The molecular formula is C26H26ClN5. The van der Waals surface area contributed by atoms with E-state index in [1.165, 1.54) is 5.56 Å². The number of rotatable bonds is 5. The SMILES string of the molecule is CN(C)CC(c1ccccc1)c1nnc2n1-c1ccccc1C(c1ccccc1)=NC2.Cl.